The molecule has 0 aromatic rings. The molecule has 4 N–H and O–H groups in total. The smallest absolute Gasteiger partial charge is 0.240 e. The van der Waals surface area contributed by atoms with Gasteiger partial charge in [-0.1, -0.05) is 40.0 Å². The van der Waals surface area contributed by atoms with E-state index in [1.54, 1.807) is 0 Å². The first-order valence-corrected chi connectivity index (χ1v) is 7.11. The zero-order chi connectivity index (χ0) is 14.5. The molecule has 110 valence electrons. The maximum atomic E-state index is 12.0. The van der Waals surface area contributed by atoms with Crippen LogP contribution in [-0.4, -0.2) is 30.4 Å². The number of hydrogen-bond donors (Lipinski definition) is 3. The van der Waals surface area contributed by atoms with E-state index in [1.165, 1.54) is 0 Å². The molecule has 1 aliphatic carbocycles. The molecule has 1 fully saturated rings. The number of rotatable bonds is 4. The third kappa shape index (κ3) is 4.82. The van der Waals surface area contributed by atoms with Crippen molar-refractivity contribution in [2.75, 3.05) is 13.1 Å². The number of carbonyl (C=O) groups is 2. The van der Waals surface area contributed by atoms with E-state index in [2.05, 4.69) is 10.6 Å². The molecule has 0 spiro atoms. The molecule has 0 heterocycles. The fourth-order valence-electron chi connectivity index (χ4n) is 2.20. The zero-order valence-corrected chi connectivity index (χ0v) is 12.3. The Balaban J connectivity index is 2.26. The highest BCUT2D eigenvalue weighted by Crippen LogP contribution is 2.25. The molecule has 0 bridgehead atoms. The van der Waals surface area contributed by atoms with E-state index >= 15 is 0 Å². The number of nitrogens with one attached hydrogen (secondary N) is 2. The first kappa shape index (κ1) is 16.0. The second-order valence-electron chi connectivity index (χ2n) is 6.48. The first-order valence-electron chi connectivity index (χ1n) is 7.11. The highest BCUT2D eigenvalue weighted by atomic mass is 16.2. The standard InChI is InChI=1S/C14H27N3O2/c1-13(2,3)11(18)16-9-10-17-12(19)14(15)7-5-4-6-8-14/h4-10,15H2,1-3H3,(H,16,18)(H,17,19). The van der Waals surface area contributed by atoms with Crippen LogP contribution in [0.1, 0.15) is 52.9 Å². The van der Waals surface area contributed by atoms with E-state index in [0.29, 0.717) is 13.1 Å². The Morgan fingerprint density at radius 2 is 1.58 bits per heavy atom. The second-order valence-corrected chi connectivity index (χ2v) is 6.48. The van der Waals surface area contributed by atoms with Gasteiger partial charge in [-0.15, -0.1) is 0 Å². The Labute approximate surface area is 115 Å². The fraction of sp³-hybridized carbons (Fsp3) is 0.857. The minimum Gasteiger partial charge on any atom is -0.354 e. The SMILES string of the molecule is CC(C)(C)C(=O)NCCNC(=O)C1(N)CCCCC1. The van der Waals surface area contributed by atoms with Crippen LogP contribution in [0.5, 0.6) is 0 Å². The molecular formula is C14H27N3O2. The predicted molar refractivity (Wildman–Crippen MR) is 75.5 cm³/mol. The van der Waals surface area contributed by atoms with Gasteiger partial charge < -0.3 is 16.4 Å². The third-order valence-electron chi connectivity index (χ3n) is 3.58. The summed E-state index contributed by atoms with van der Waals surface area (Å²) in [5, 5.41) is 5.62. The molecule has 0 unspecified atom stereocenters. The van der Waals surface area contributed by atoms with Gasteiger partial charge in [-0.2, -0.15) is 0 Å². The maximum Gasteiger partial charge on any atom is 0.240 e. The van der Waals surface area contributed by atoms with Crippen LogP contribution in [0.25, 0.3) is 0 Å². The van der Waals surface area contributed by atoms with Crippen LogP contribution in [-0.2, 0) is 9.59 Å². The van der Waals surface area contributed by atoms with Crippen molar-refractivity contribution in [3.8, 4) is 0 Å². The van der Waals surface area contributed by atoms with Crippen molar-refractivity contribution >= 4 is 11.8 Å². The quantitative estimate of drug-likeness (QED) is 0.664. The Bertz CT molecular complexity index is 328. The fourth-order valence-corrected chi connectivity index (χ4v) is 2.20. The summed E-state index contributed by atoms with van der Waals surface area (Å²) >= 11 is 0. The van der Waals surface area contributed by atoms with Gasteiger partial charge in [-0.25, -0.2) is 0 Å². The minimum absolute atomic E-state index is 0.0122. The van der Waals surface area contributed by atoms with Crippen LogP contribution in [0.15, 0.2) is 0 Å². The molecule has 5 nitrogen and oxygen atoms in total. The summed E-state index contributed by atoms with van der Waals surface area (Å²) in [6.07, 6.45) is 4.71. The maximum absolute atomic E-state index is 12.0. The predicted octanol–water partition coefficient (Wildman–Crippen LogP) is 0.927. The molecule has 1 aliphatic rings. The van der Waals surface area contributed by atoms with Crippen LogP contribution in [0.3, 0.4) is 0 Å². The van der Waals surface area contributed by atoms with Crippen molar-refractivity contribution in [3.63, 3.8) is 0 Å². The second kappa shape index (κ2) is 6.37. The number of amides is 2. The molecular weight excluding hydrogens is 242 g/mol. The van der Waals surface area contributed by atoms with Crippen molar-refractivity contribution in [1.82, 2.24) is 10.6 Å². The van der Waals surface area contributed by atoms with Gasteiger partial charge >= 0.3 is 0 Å². The van der Waals surface area contributed by atoms with Gasteiger partial charge in [-0.05, 0) is 12.8 Å². The first-order chi connectivity index (χ1) is 8.76. The molecule has 19 heavy (non-hydrogen) atoms. The van der Waals surface area contributed by atoms with Crippen molar-refractivity contribution in [2.45, 2.75) is 58.4 Å². The molecule has 0 aromatic heterocycles. The molecule has 0 aliphatic heterocycles. The summed E-state index contributed by atoms with van der Waals surface area (Å²) < 4.78 is 0. The molecule has 2 amide bonds. The van der Waals surface area contributed by atoms with Crippen LogP contribution < -0.4 is 16.4 Å². The Kier molecular flexibility index (Phi) is 5.35. The lowest BCUT2D eigenvalue weighted by atomic mass is 9.82. The van der Waals surface area contributed by atoms with Crippen LogP contribution >= 0.6 is 0 Å². The highest BCUT2D eigenvalue weighted by molar-refractivity contribution is 5.86. The molecule has 0 atom stereocenters. The summed E-state index contributed by atoms with van der Waals surface area (Å²) in [7, 11) is 0. The van der Waals surface area contributed by atoms with Gasteiger partial charge in [0.05, 0.1) is 5.54 Å². The van der Waals surface area contributed by atoms with E-state index < -0.39 is 11.0 Å². The average Bonchev–Trinajstić information content (AvgIpc) is 2.33. The largest absolute Gasteiger partial charge is 0.354 e. The molecule has 1 rings (SSSR count). The molecule has 0 saturated heterocycles. The highest BCUT2D eigenvalue weighted by Gasteiger charge is 2.34. The summed E-state index contributed by atoms with van der Waals surface area (Å²) in [5.74, 6) is -0.0981. The van der Waals surface area contributed by atoms with Gasteiger partial charge in [0, 0.05) is 18.5 Å². The Morgan fingerprint density at radius 1 is 1.05 bits per heavy atom. The van der Waals surface area contributed by atoms with Crippen molar-refractivity contribution < 1.29 is 9.59 Å². The van der Waals surface area contributed by atoms with Gasteiger partial charge in [-0.3, -0.25) is 9.59 Å². The lowest BCUT2D eigenvalue weighted by Crippen LogP contribution is -2.56. The minimum atomic E-state index is -0.702. The van der Waals surface area contributed by atoms with E-state index in [1.807, 2.05) is 20.8 Å². The van der Waals surface area contributed by atoms with Crippen molar-refractivity contribution in [3.05, 3.63) is 0 Å². The van der Waals surface area contributed by atoms with Gasteiger partial charge in [0.25, 0.3) is 0 Å². The molecule has 1 saturated carbocycles. The normalized spacial score (nSPS) is 18.7. The molecule has 0 aromatic carbocycles. The Hall–Kier alpha value is -1.10. The van der Waals surface area contributed by atoms with Crippen molar-refractivity contribution in [1.29, 1.82) is 0 Å². The lowest BCUT2D eigenvalue weighted by molar-refractivity contribution is -0.129. The van der Waals surface area contributed by atoms with Gasteiger partial charge in [0.15, 0.2) is 0 Å². The lowest BCUT2D eigenvalue weighted by Gasteiger charge is -2.31. The average molecular weight is 269 g/mol. The van der Waals surface area contributed by atoms with E-state index in [4.69, 9.17) is 5.73 Å². The Morgan fingerprint density at radius 3 is 2.11 bits per heavy atom. The number of carbonyl (C=O) groups excluding carboxylic acids is 2. The summed E-state index contributed by atoms with van der Waals surface area (Å²) in [6, 6.07) is 0. The number of nitrogens with two attached hydrogens (primary N) is 1. The summed E-state index contributed by atoms with van der Waals surface area (Å²) in [5.41, 5.74) is 5.01. The van der Waals surface area contributed by atoms with Gasteiger partial charge in [0.1, 0.15) is 0 Å². The van der Waals surface area contributed by atoms with E-state index in [9.17, 15) is 9.59 Å². The van der Waals surface area contributed by atoms with Crippen LogP contribution in [0.2, 0.25) is 0 Å². The van der Waals surface area contributed by atoms with Gasteiger partial charge in [0.2, 0.25) is 11.8 Å². The molecule has 0 radical (unpaired) electrons. The topological polar surface area (TPSA) is 84.2 Å². The van der Waals surface area contributed by atoms with Crippen molar-refractivity contribution in [2.24, 2.45) is 11.1 Å². The zero-order valence-electron chi connectivity index (χ0n) is 12.3. The van der Waals surface area contributed by atoms with E-state index in [-0.39, 0.29) is 11.8 Å². The molecule has 5 heteroatoms. The third-order valence-corrected chi connectivity index (χ3v) is 3.58. The monoisotopic (exact) mass is 269 g/mol. The van der Waals surface area contributed by atoms with Crippen LogP contribution in [0, 0.1) is 5.41 Å². The summed E-state index contributed by atoms with van der Waals surface area (Å²) in [6.45, 7) is 6.45. The summed E-state index contributed by atoms with van der Waals surface area (Å²) in [4.78, 5) is 23.6. The van der Waals surface area contributed by atoms with Crippen LogP contribution in [0.4, 0.5) is 0 Å². The number of hydrogen-bond acceptors (Lipinski definition) is 3. The van der Waals surface area contributed by atoms with E-state index in [0.717, 1.165) is 32.1 Å².